The van der Waals surface area contributed by atoms with Crippen molar-refractivity contribution in [3.8, 4) is 0 Å². The Kier molecular flexibility index (Phi) is 5.62. The Labute approximate surface area is 150 Å². The van der Waals surface area contributed by atoms with E-state index in [2.05, 4.69) is 15.6 Å². The zero-order valence-electron chi connectivity index (χ0n) is 13.5. The second kappa shape index (κ2) is 7.90. The van der Waals surface area contributed by atoms with Gasteiger partial charge in [0.1, 0.15) is 0 Å². The van der Waals surface area contributed by atoms with E-state index >= 15 is 0 Å². The fourth-order valence-electron chi connectivity index (χ4n) is 2.61. The van der Waals surface area contributed by atoms with Gasteiger partial charge in [0.2, 0.25) is 5.91 Å². The van der Waals surface area contributed by atoms with E-state index < -0.39 is 9.84 Å². The maximum Gasteiger partial charge on any atom is 0.234 e. The minimum absolute atomic E-state index is 0.000848. The maximum atomic E-state index is 12.3. The third kappa shape index (κ3) is 5.22. The first-order valence-corrected chi connectivity index (χ1v) is 10.5. The van der Waals surface area contributed by atoms with E-state index in [4.69, 9.17) is 0 Å². The number of aromatic nitrogens is 1. The lowest BCUT2D eigenvalue weighted by Gasteiger charge is -2.18. The van der Waals surface area contributed by atoms with Crippen LogP contribution in [-0.4, -0.2) is 37.6 Å². The highest BCUT2D eigenvalue weighted by atomic mass is 32.2. The fraction of sp³-hybridized carbons (Fsp3) is 0.294. The molecule has 0 fully saturated rings. The van der Waals surface area contributed by atoms with Gasteiger partial charge in [-0.25, -0.2) is 8.42 Å². The molecule has 3 rings (SSSR count). The van der Waals surface area contributed by atoms with Crippen molar-refractivity contribution >= 4 is 27.1 Å². The molecule has 132 valence electrons. The van der Waals surface area contributed by atoms with E-state index in [-0.39, 0.29) is 30.3 Å². The summed E-state index contributed by atoms with van der Waals surface area (Å²) >= 11 is 1.64. The monoisotopic (exact) mass is 377 g/mol. The molecule has 0 aromatic carbocycles. The number of hydrogen-bond acceptors (Lipinski definition) is 6. The highest BCUT2D eigenvalue weighted by Crippen LogP contribution is 2.19. The van der Waals surface area contributed by atoms with Gasteiger partial charge in [0.25, 0.3) is 0 Å². The predicted octanol–water partition coefficient (Wildman–Crippen LogP) is 1.44. The van der Waals surface area contributed by atoms with Gasteiger partial charge in [0, 0.05) is 28.9 Å². The average molecular weight is 377 g/mol. The van der Waals surface area contributed by atoms with Gasteiger partial charge in [-0.15, -0.1) is 11.3 Å². The van der Waals surface area contributed by atoms with Gasteiger partial charge in [0.05, 0.1) is 24.0 Å². The van der Waals surface area contributed by atoms with E-state index in [0.717, 1.165) is 10.6 Å². The van der Waals surface area contributed by atoms with Crippen LogP contribution in [0.1, 0.15) is 16.6 Å². The quantitative estimate of drug-likeness (QED) is 0.762. The first kappa shape index (κ1) is 17.8. The number of thiophene rings is 1. The second-order valence-electron chi connectivity index (χ2n) is 5.80. The topological polar surface area (TPSA) is 88.2 Å². The molecule has 0 aliphatic carbocycles. The van der Waals surface area contributed by atoms with Gasteiger partial charge in [-0.1, -0.05) is 18.2 Å². The highest BCUT2D eigenvalue weighted by Gasteiger charge is 2.22. The normalized spacial score (nSPS) is 19.6. The summed E-state index contributed by atoms with van der Waals surface area (Å²) in [5.74, 6) is -0.191. The summed E-state index contributed by atoms with van der Waals surface area (Å²) in [7, 11) is -3.13. The molecule has 2 aromatic rings. The van der Waals surface area contributed by atoms with E-state index in [1.165, 1.54) is 5.41 Å². The Hall–Kier alpha value is -2.03. The summed E-state index contributed by atoms with van der Waals surface area (Å²) in [6.45, 7) is 0.0539. The third-order valence-electron chi connectivity index (χ3n) is 3.82. The van der Waals surface area contributed by atoms with Crippen molar-refractivity contribution in [3.05, 3.63) is 64.0 Å². The molecule has 0 radical (unpaired) electrons. The molecule has 0 unspecified atom stereocenters. The molecule has 2 N–H and O–H groups in total. The Morgan fingerprint density at radius 2 is 2.20 bits per heavy atom. The van der Waals surface area contributed by atoms with Crippen LogP contribution >= 0.6 is 11.3 Å². The smallest absolute Gasteiger partial charge is 0.234 e. The molecule has 0 saturated heterocycles. The van der Waals surface area contributed by atoms with Crippen LogP contribution in [0.2, 0.25) is 0 Å². The molecule has 6 nitrogen and oxygen atoms in total. The van der Waals surface area contributed by atoms with Crippen molar-refractivity contribution in [1.29, 1.82) is 0 Å². The standard InChI is InChI=1S/C17H19N3O3S2/c21-17(11-19-13-6-9-25(22,23)12-13)20-16(10-14-4-3-8-24-14)15-5-1-2-7-18-15/h1-9,13,16,19H,10-12H2,(H,20,21)/t13-,16+/m1/s1. The minimum atomic E-state index is -3.13. The average Bonchev–Trinajstić information content (AvgIpc) is 3.22. The fourth-order valence-corrected chi connectivity index (χ4v) is 4.64. The summed E-state index contributed by atoms with van der Waals surface area (Å²) in [6.07, 6.45) is 3.94. The summed E-state index contributed by atoms with van der Waals surface area (Å²) in [5, 5.41) is 9.13. The molecule has 0 saturated carbocycles. The van der Waals surface area contributed by atoms with Crippen LogP contribution in [0.5, 0.6) is 0 Å². The van der Waals surface area contributed by atoms with Crippen LogP contribution in [0.25, 0.3) is 0 Å². The van der Waals surface area contributed by atoms with E-state index in [1.807, 2.05) is 35.7 Å². The first-order valence-electron chi connectivity index (χ1n) is 7.89. The largest absolute Gasteiger partial charge is 0.346 e. The first-order chi connectivity index (χ1) is 12.0. The van der Waals surface area contributed by atoms with Gasteiger partial charge in [-0.05, 0) is 23.6 Å². The van der Waals surface area contributed by atoms with E-state index in [0.29, 0.717) is 6.42 Å². The Balaban J connectivity index is 1.59. The number of rotatable bonds is 7. The predicted molar refractivity (Wildman–Crippen MR) is 97.9 cm³/mol. The SMILES string of the molecule is O=C(CN[C@@H]1C=CS(=O)(=O)C1)N[C@@H](Cc1cccs1)c1ccccn1. The summed E-state index contributed by atoms with van der Waals surface area (Å²) in [5.41, 5.74) is 0.799. The molecular formula is C17H19N3O3S2. The van der Waals surface area contributed by atoms with Gasteiger partial charge in [-0.2, -0.15) is 0 Å². The van der Waals surface area contributed by atoms with Gasteiger partial charge in [-0.3, -0.25) is 9.78 Å². The zero-order chi connectivity index (χ0) is 17.7. The van der Waals surface area contributed by atoms with Crippen molar-refractivity contribution in [2.75, 3.05) is 12.3 Å². The number of carbonyl (C=O) groups is 1. The molecule has 0 spiro atoms. The second-order valence-corrected chi connectivity index (χ2v) is 8.77. The molecule has 8 heteroatoms. The molecule has 3 heterocycles. The van der Waals surface area contributed by atoms with Crippen molar-refractivity contribution in [2.45, 2.75) is 18.5 Å². The lowest BCUT2D eigenvalue weighted by Crippen LogP contribution is -2.41. The molecule has 1 aliphatic heterocycles. The van der Waals surface area contributed by atoms with E-state index in [9.17, 15) is 13.2 Å². The lowest BCUT2D eigenvalue weighted by atomic mass is 10.1. The van der Waals surface area contributed by atoms with Crippen LogP contribution in [0, 0.1) is 0 Å². The zero-order valence-corrected chi connectivity index (χ0v) is 15.1. The van der Waals surface area contributed by atoms with Crippen LogP contribution in [-0.2, 0) is 21.1 Å². The Morgan fingerprint density at radius 1 is 1.32 bits per heavy atom. The number of amides is 1. The van der Waals surface area contributed by atoms with Crippen molar-refractivity contribution < 1.29 is 13.2 Å². The van der Waals surface area contributed by atoms with E-state index in [1.54, 1.807) is 23.6 Å². The number of nitrogens with one attached hydrogen (secondary N) is 2. The maximum absolute atomic E-state index is 12.3. The summed E-state index contributed by atoms with van der Waals surface area (Å²) < 4.78 is 22.8. The summed E-state index contributed by atoms with van der Waals surface area (Å²) in [4.78, 5) is 17.8. The van der Waals surface area contributed by atoms with Crippen LogP contribution < -0.4 is 10.6 Å². The number of hydrogen-bond donors (Lipinski definition) is 2. The minimum Gasteiger partial charge on any atom is -0.346 e. The van der Waals surface area contributed by atoms with Gasteiger partial charge >= 0.3 is 0 Å². The van der Waals surface area contributed by atoms with Crippen LogP contribution in [0.3, 0.4) is 0 Å². The number of nitrogens with zero attached hydrogens (tertiary/aromatic N) is 1. The third-order valence-corrected chi connectivity index (χ3v) is 6.11. The number of sulfone groups is 1. The Bertz CT molecular complexity index is 833. The van der Waals surface area contributed by atoms with Crippen molar-refractivity contribution in [3.63, 3.8) is 0 Å². The molecule has 25 heavy (non-hydrogen) atoms. The lowest BCUT2D eigenvalue weighted by molar-refractivity contribution is -0.121. The van der Waals surface area contributed by atoms with Crippen LogP contribution in [0.15, 0.2) is 53.4 Å². The van der Waals surface area contributed by atoms with Crippen molar-refractivity contribution in [2.24, 2.45) is 0 Å². The molecule has 2 aromatic heterocycles. The molecular weight excluding hydrogens is 358 g/mol. The molecule has 1 aliphatic rings. The number of pyridine rings is 1. The van der Waals surface area contributed by atoms with Gasteiger partial charge < -0.3 is 10.6 Å². The molecule has 0 bridgehead atoms. The number of carbonyl (C=O) groups excluding carboxylic acids is 1. The van der Waals surface area contributed by atoms with Crippen LogP contribution in [0.4, 0.5) is 0 Å². The highest BCUT2D eigenvalue weighted by molar-refractivity contribution is 7.94. The molecule has 2 atom stereocenters. The summed E-state index contributed by atoms with van der Waals surface area (Å²) in [6, 6.07) is 9.08. The van der Waals surface area contributed by atoms with Gasteiger partial charge in [0.15, 0.2) is 9.84 Å². The molecule has 1 amide bonds. The Morgan fingerprint density at radius 3 is 2.84 bits per heavy atom. The van der Waals surface area contributed by atoms with Crippen molar-refractivity contribution in [1.82, 2.24) is 15.6 Å².